The van der Waals surface area contributed by atoms with E-state index in [-0.39, 0.29) is 42.2 Å². The molecular weight excluding hydrogens is 544 g/mol. The molecule has 0 radical (unpaired) electrons. The van der Waals surface area contributed by atoms with Gasteiger partial charge in [-0.05, 0) is 60.7 Å². The number of urea groups is 1. The molecule has 2 aliphatic rings. The number of thiophene rings is 1. The number of ether oxygens (including phenoxy) is 1. The summed E-state index contributed by atoms with van der Waals surface area (Å²) in [6, 6.07) is 16.1. The number of hydrogen-bond donors (Lipinski definition) is 5. The second-order valence-electron chi connectivity index (χ2n) is 10.4. The van der Waals surface area contributed by atoms with Gasteiger partial charge in [0.25, 0.3) is 5.91 Å². The molecule has 1 saturated heterocycles. The number of fused-ring (bicyclic) bond motifs is 1. The van der Waals surface area contributed by atoms with Crippen molar-refractivity contribution in [1.29, 1.82) is 5.41 Å². The number of hydrogen-bond acceptors (Lipinski definition) is 7. The fourth-order valence-corrected chi connectivity index (χ4v) is 5.91. The Hall–Kier alpha value is -4.71. The zero-order chi connectivity index (χ0) is 29.1. The standard InChI is InChI=1S/C29H30N6O5S/c1-29-12-22(27(38)32-14-21-11-18(16-41-21)25(30)34-28(31)39)35(23(29)13-29)24(36)15-33-26(37)17-7-9-20(10-8-17)40-19-5-3-2-4-6-19/h2-11,16,22-23H,12-15H2,1H3,(H,32,38)(H,33,37)(H4,30,31,34,39)/t22-,23-,29+/m0/s1. The first-order chi connectivity index (χ1) is 19.6. The zero-order valence-corrected chi connectivity index (χ0v) is 23.1. The van der Waals surface area contributed by atoms with Crippen molar-refractivity contribution in [3.8, 4) is 11.5 Å². The van der Waals surface area contributed by atoms with Crippen LogP contribution in [0.2, 0.25) is 0 Å². The average Bonchev–Trinajstić information content (AvgIpc) is 3.26. The molecule has 2 aromatic carbocycles. The number of nitrogens with two attached hydrogens (primary N) is 1. The van der Waals surface area contributed by atoms with Gasteiger partial charge in [-0.1, -0.05) is 25.1 Å². The molecule has 1 aliphatic heterocycles. The smallest absolute Gasteiger partial charge is 0.317 e. The van der Waals surface area contributed by atoms with E-state index >= 15 is 0 Å². The molecule has 12 heteroatoms. The van der Waals surface area contributed by atoms with Crippen LogP contribution in [0.5, 0.6) is 11.5 Å². The van der Waals surface area contributed by atoms with Crippen molar-refractivity contribution in [2.24, 2.45) is 11.1 Å². The summed E-state index contributed by atoms with van der Waals surface area (Å²) in [5, 5.41) is 17.3. The summed E-state index contributed by atoms with van der Waals surface area (Å²) in [6.45, 7) is 2.06. The normalized spacial score (nSPS) is 20.5. The Labute approximate surface area is 240 Å². The van der Waals surface area contributed by atoms with E-state index < -0.39 is 18.0 Å². The maximum atomic E-state index is 13.2. The third-order valence-electron chi connectivity index (χ3n) is 7.35. The maximum absolute atomic E-state index is 13.2. The Morgan fingerprint density at radius 1 is 1.02 bits per heavy atom. The number of rotatable bonds is 9. The molecular formula is C29H30N6O5S. The van der Waals surface area contributed by atoms with E-state index in [1.54, 1.807) is 40.6 Å². The van der Waals surface area contributed by atoms with Crippen LogP contribution in [0.1, 0.15) is 40.6 Å². The molecule has 6 N–H and O–H groups in total. The van der Waals surface area contributed by atoms with E-state index in [1.165, 1.54) is 11.3 Å². The number of likely N-dealkylation sites (tertiary alicyclic amines) is 1. The number of amidine groups is 1. The number of primary amides is 1. The summed E-state index contributed by atoms with van der Waals surface area (Å²) in [5.74, 6) is 0.177. The lowest BCUT2D eigenvalue weighted by Gasteiger charge is -2.27. The van der Waals surface area contributed by atoms with Gasteiger partial charge in [0.05, 0.1) is 13.1 Å². The Morgan fingerprint density at radius 3 is 2.44 bits per heavy atom. The van der Waals surface area contributed by atoms with Crippen molar-refractivity contribution in [2.45, 2.75) is 38.4 Å². The Kier molecular flexibility index (Phi) is 7.75. The SMILES string of the molecule is C[C@@]12C[C@@H]1N(C(=O)CNC(=O)c1ccc(Oc3ccccc3)cc1)[C@H](C(=O)NCc1cc(C(=N)NC(N)=O)cs1)C2. The molecule has 5 amide bonds. The topological polar surface area (TPSA) is 167 Å². The molecule has 5 rings (SSSR count). The first-order valence-corrected chi connectivity index (χ1v) is 13.9. The monoisotopic (exact) mass is 574 g/mol. The fourth-order valence-electron chi connectivity index (χ4n) is 5.10. The number of carbonyl (C=O) groups is 4. The van der Waals surface area contributed by atoms with Gasteiger partial charge >= 0.3 is 6.03 Å². The molecule has 11 nitrogen and oxygen atoms in total. The Bertz CT molecular complexity index is 1490. The largest absolute Gasteiger partial charge is 0.457 e. The highest BCUT2D eigenvalue weighted by Gasteiger charge is 2.64. The number of benzene rings is 2. The number of nitrogens with zero attached hydrogens (tertiary/aromatic N) is 1. The van der Waals surface area contributed by atoms with Crippen molar-refractivity contribution in [1.82, 2.24) is 20.9 Å². The van der Waals surface area contributed by atoms with Gasteiger partial charge in [0.2, 0.25) is 11.8 Å². The highest BCUT2D eigenvalue weighted by atomic mass is 32.1. The van der Waals surface area contributed by atoms with Crippen LogP contribution >= 0.6 is 11.3 Å². The van der Waals surface area contributed by atoms with Crippen molar-refractivity contribution in [3.63, 3.8) is 0 Å². The van der Waals surface area contributed by atoms with E-state index in [0.29, 0.717) is 29.0 Å². The van der Waals surface area contributed by atoms with Gasteiger partial charge < -0.3 is 26.0 Å². The third-order valence-corrected chi connectivity index (χ3v) is 8.29. The minimum absolute atomic E-state index is 0.0363. The molecule has 1 aromatic heterocycles. The number of nitrogens with one attached hydrogen (secondary N) is 4. The van der Waals surface area contributed by atoms with Crippen LogP contribution in [-0.2, 0) is 16.1 Å². The van der Waals surface area contributed by atoms with Crippen LogP contribution in [0, 0.1) is 10.8 Å². The van der Waals surface area contributed by atoms with Crippen molar-refractivity contribution < 1.29 is 23.9 Å². The van der Waals surface area contributed by atoms with Gasteiger partial charge in [-0.25, -0.2) is 4.79 Å². The molecule has 212 valence electrons. The number of amides is 5. The van der Waals surface area contributed by atoms with E-state index in [4.69, 9.17) is 15.9 Å². The lowest BCUT2D eigenvalue weighted by molar-refractivity contribution is -0.139. The molecule has 0 spiro atoms. The second kappa shape index (κ2) is 11.4. The molecule has 0 unspecified atom stereocenters. The van der Waals surface area contributed by atoms with Crippen LogP contribution in [0.15, 0.2) is 66.0 Å². The van der Waals surface area contributed by atoms with Gasteiger partial charge in [-0.2, -0.15) is 0 Å². The van der Waals surface area contributed by atoms with Crippen LogP contribution in [0.3, 0.4) is 0 Å². The maximum Gasteiger partial charge on any atom is 0.317 e. The van der Waals surface area contributed by atoms with Gasteiger partial charge in [0, 0.05) is 27.4 Å². The van der Waals surface area contributed by atoms with Gasteiger partial charge in [-0.3, -0.25) is 25.1 Å². The first kappa shape index (κ1) is 27.8. The lowest BCUT2D eigenvalue weighted by atomic mass is 10.0. The zero-order valence-electron chi connectivity index (χ0n) is 22.3. The molecule has 1 saturated carbocycles. The van der Waals surface area contributed by atoms with Crippen molar-refractivity contribution in [3.05, 3.63) is 82.0 Å². The molecule has 1 aliphatic carbocycles. The molecule has 3 atom stereocenters. The predicted molar refractivity (Wildman–Crippen MR) is 153 cm³/mol. The van der Waals surface area contributed by atoms with Crippen LogP contribution in [0.4, 0.5) is 4.79 Å². The second-order valence-corrected chi connectivity index (χ2v) is 11.4. The van der Waals surface area contributed by atoms with Crippen LogP contribution in [0.25, 0.3) is 0 Å². The van der Waals surface area contributed by atoms with E-state index in [1.807, 2.05) is 30.3 Å². The number of piperidine rings is 1. The minimum atomic E-state index is -0.823. The minimum Gasteiger partial charge on any atom is -0.457 e. The van der Waals surface area contributed by atoms with Gasteiger partial charge in [-0.15, -0.1) is 11.3 Å². The molecule has 2 fully saturated rings. The highest BCUT2D eigenvalue weighted by Crippen LogP contribution is 2.59. The Morgan fingerprint density at radius 2 is 1.73 bits per heavy atom. The predicted octanol–water partition coefficient (Wildman–Crippen LogP) is 2.96. The van der Waals surface area contributed by atoms with Gasteiger partial charge in [0.15, 0.2) is 0 Å². The van der Waals surface area contributed by atoms with Crippen molar-refractivity contribution in [2.75, 3.05) is 6.54 Å². The Balaban J connectivity index is 1.14. The summed E-state index contributed by atoms with van der Waals surface area (Å²) in [6.07, 6.45) is 1.37. The lowest BCUT2D eigenvalue weighted by Crippen LogP contribution is -2.50. The quantitative estimate of drug-likeness (QED) is 0.195. The molecule has 3 aromatic rings. The first-order valence-electron chi connectivity index (χ1n) is 13.1. The summed E-state index contributed by atoms with van der Waals surface area (Å²) >= 11 is 1.33. The van der Waals surface area contributed by atoms with E-state index in [9.17, 15) is 19.2 Å². The van der Waals surface area contributed by atoms with Crippen LogP contribution < -0.4 is 26.4 Å². The molecule has 0 bridgehead atoms. The number of para-hydroxylation sites is 1. The summed E-state index contributed by atoms with van der Waals surface area (Å²) < 4.78 is 5.75. The molecule has 41 heavy (non-hydrogen) atoms. The number of carbonyl (C=O) groups excluding carboxylic acids is 4. The summed E-state index contributed by atoms with van der Waals surface area (Å²) in [4.78, 5) is 52.4. The van der Waals surface area contributed by atoms with E-state index in [0.717, 1.165) is 11.3 Å². The van der Waals surface area contributed by atoms with Crippen LogP contribution in [-0.4, -0.2) is 53.1 Å². The van der Waals surface area contributed by atoms with Crippen molar-refractivity contribution >= 4 is 40.9 Å². The fraction of sp³-hybridized carbons (Fsp3) is 0.276. The highest BCUT2D eigenvalue weighted by molar-refractivity contribution is 7.10. The summed E-state index contributed by atoms with van der Waals surface area (Å²) in [5.41, 5.74) is 5.82. The molecule has 2 heterocycles. The third kappa shape index (κ3) is 6.38. The summed E-state index contributed by atoms with van der Waals surface area (Å²) in [7, 11) is 0. The van der Waals surface area contributed by atoms with E-state index in [2.05, 4.69) is 22.9 Å². The average molecular weight is 575 g/mol. The van der Waals surface area contributed by atoms with Gasteiger partial charge in [0.1, 0.15) is 23.4 Å².